The van der Waals surface area contributed by atoms with E-state index in [0.29, 0.717) is 22.3 Å². The van der Waals surface area contributed by atoms with Crippen LogP contribution in [0.3, 0.4) is 0 Å². The second kappa shape index (κ2) is 11.3. The molecule has 0 aliphatic heterocycles. The molecule has 0 aliphatic rings. The normalized spacial score (nSPS) is 11.6. The maximum Gasteiger partial charge on any atom is 0.273 e. The van der Waals surface area contributed by atoms with Gasteiger partial charge in [0, 0.05) is 24.4 Å². The van der Waals surface area contributed by atoms with Crippen molar-refractivity contribution in [1.29, 1.82) is 0 Å². The summed E-state index contributed by atoms with van der Waals surface area (Å²) in [7, 11) is 1.60. The van der Waals surface area contributed by atoms with Crippen molar-refractivity contribution in [3.8, 4) is 5.75 Å². The Morgan fingerprint density at radius 2 is 2.06 bits per heavy atom. The average molecular weight is 457 g/mol. The quantitative estimate of drug-likeness (QED) is 0.443. The smallest absolute Gasteiger partial charge is 0.273 e. The van der Waals surface area contributed by atoms with E-state index in [1.165, 1.54) is 11.3 Å². The fraction of sp³-hybridized carbons (Fsp3) is 0.348. The van der Waals surface area contributed by atoms with Crippen LogP contribution in [0, 0.1) is 0 Å². The maximum atomic E-state index is 13.2. The van der Waals surface area contributed by atoms with Crippen LogP contribution in [-0.4, -0.2) is 41.4 Å². The summed E-state index contributed by atoms with van der Waals surface area (Å²) in [5.41, 5.74) is 1.07. The highest BCUT2D eigenvalue weighted by atomic mass is 32.1. The van der Waals surface area contributed by atoms with E-state index in [0.717, 1.165) is 12.1 Å². The lowest BCUT2D eigenvalue weighted by Crippen LogP contribution is -2.37. The molecule has 170 valence electrons. The van der Waals surface area contributed by atoms with Crippen molar-refractivity contribution < 1.29 is 18.7 Å². The summed E-state index contributed by atoms with van der Waals surface area (Å²) < 4.78 is 10.8. The lowest BCUT2D eigenvalue weighted by atomic mass is 10.2. The van der Waals surface area contributed by atoms with E-state index < -0.39 is 0 Å². The monoisotopic (exact) mass is 456 g/mol. The number of hydrogen-bond acceptors (Lipinski definition) is 7. The number of para-hydroxylation sites is 2. The lowest BCUT2D eigenvalue weighted by molar-refractivity contribution is -0.121. The van der Waals surface area contributed by atoms with Crippen LogP contribution in [0.5, 0.6) is 5.75 Å². The molecule has 0 spiro atoms. The van der Waals surface area contributed by atoms with Crippen molar-refractivity contribution in [1.82, 2.24) is 15.2 Å². The molecule has 2 heterocycles. The topological polar surface area (TPSA) is 96.7 Å². The van der Waals surface area contributed by atoms with E-state index in [1.54, 1.807) is 35.8 Å². The SMILES string of the molecule is CCC(C)NC(=O)CCN(Cc1ccco1)C(=O)c1csc(Nc2ccccc2OC)n1. The van der Waals surface area contributed by atoms with Crippen molar-refractivity contribution in [2.24, 2.45) is 0 Å². The predicted octanol–water partition coefficient (Wildman–Crippen LogP) is 4.44. The first kappa shape index (κ1) is 23.3. The molecular weight excluding hydrogens is 428 g/mol. The van der Waals surface area contributed by atoms with Gasteiger partial charge in [-0.05, 0) is 37.6 Å². The molecule has 1 atom stereocenters. The molecule has 0 saturated heterocycles. The summed E-state index contributed by atoms with van der Waals surface area (Å²) >= 11 is 1.33. The molecule has 0 aliphatic carbocycles. The Labute approximate surface area is 191 Å². The predicted molar refractivity (Wildman–Crippen MR) is 124 cm³/mol. The molecule has 0 radical (unpaired) electrons. The minimum absolute atomic E-state index is 0.0894. The van der Waals surface area contributed by atoms with Gasteiger partial charge >= 0.3 is 0 Å². The highest BCUT2D eigenvalue weighted by Crippen LogP contribution is 2.29. The third kappa shape index (κ3) is 6.34. The van der Waals surface area contributed by atoms with Gasteiger partial charge in [-0.1, -0.05) is 19.1 Å². The highest BCUT2D eigenvalue weighted by molar-refractivity contribution is 7.14. The number of methoxy groups -OCH3 is 1. The van der Waals surface area contributed by atoms with Gasteiger partial charge in [-0.3, -0.25) is 9.59 Å². The molecule has 2 amide bonds. The first-order valence-corrected chi connectivity index (χ1v) is 11.3. The Morgan fingerprint density at radius 3 is 2.78 bits per heavy atom. The second-order valence-electron chi connectivity index (χ2n) is 7.30. The van der Waals surface area contributed by atoms with Crippen molar-refractivity contribution in [2.45, 2.75) is 39.3 Å². The molecular formula is C23H28N4O4S. The fourth-order valence-electron chi connectivity index (χ4n) is 2.98. The summed E-state index contributed by atoms with van der Waals surface area (Å²) in [6, 6.07) is 11.2. The first-order chi connectivity index (χ1) is 15.5. The van der Waals surface area contributed by atoms with Crippen LogP contribution in [0.15, 0.2) is 52.5 Å². The van der Waals surface area contributed by atoms with Crippen LogP contribution in [0.4, 0.5) is 10.8 Å². The van der Waals surface area contributed by atoms with Gasteiger partial charge in [0.15, 0.2) is 5.13 Å². The molecule has 0 bridgehead atoms. The average Bonchev–Trinajstić information content (AvgIpc) is 3.48. The standard InChI is InChI=1S/C23H28N4O4S/c1-4-16(2)24-21(28)11-12-27(14-17-8-7-13-31-17)22(29)19-15-32-23(26-19)25-18-9-5-6-10-20(18)30-3/h5-10,13,15-16H,4,11-12,14H2,1-3H3,(H,24,28)(H,25,26). The van der Waals surface area contributed by atoms with Gasteiger partial charge < -0.3 is 24.7 Å². The zero-order chi connectivity index (χ0) is 22.9. The van der Waals surface area contributed by atoms with Crippen LogP contribution in [-0.2, 0) is 11.3 Å². The zero-order valence-electron chi connectivity index (χ0n) is 18.5. The van der Waals surface area contributed by atoms with Gasteiger partial charge in [0.05, 0.1) is 25.6 Å². The minimum Gasteiger partial charge on any atom is -0.495 e. The van der Waals surface area contributed by atoms with E-state index in [9.17, 15) is 9.59 Å². The molecule has 3 aromatic rings. The number of anilines is 2. The highest BCUT2D eigenvalue weighted by Gasteiger charge is 2.21. The van der Waals surface area contributed by atoms with Crippen molar-refractivity contribution in [2.75, 3.05) is 19.0 Å². The number of carbonyl (C=O) groups is 2. The molecule has 32 heavy (non-hydrogen) atoms. The van der Waals surface area contributed by atoms with E-state index in [-0.39, 0.29) is 37.4 Å². The largest absolute Gasteiger partial charge is 0.495 e. The van der Waals surface area contributed by atoms with Gasteiger partial charge in [-0.15, -0.1) is 11.3 Å². The number of nitrogens with one attached hydrogen (secondary N) is 2. The molecule has 9 heteroatoms. The summed E-state index contributed by atoms with van der Waals surface area (Å²) in [6.07, 6.45) is 2.61. The van der Waals surface area contributed by atoms with E-state index in [2.05, 4.69) is 15.6 Å². The molecule has 1 aromatic carbocycles. The minimum atomic E-state index is -0.262. The van der Waals surface area contributed by atoms with Crippen molar-refractivity contribution >= 4 is 34.0 Å². The van der Waals surface area contributed by atoms with Crippen LogP contribution in [0.1, 0.15) is 42.9 Å². The number of amides is 2. The lowest BCUT2D eigenvalue weighted by Gasteiger charge is -2.21. The Bertz CT molecular complexity index is 1020. The number of ether oxygens (including phenoxy) is 1. The molecule has 8 nitrogen and oxygen atoms in total. The Hall–Kier alpha value is -3.33. The number of benzene rings is 1. The molecule has 1 unspecified atom stereocenters. The van der Waals surface area contributed by atoms with Gasteiger partial charge in [0.1, 0.15) is 17.2 Å². The summed E-state index contributed by atoms with van der Waals surface area (Å²) in [5.74, 6) is 0.973. The third-order valence-electron chi connectivity index (χ3n) is 4.91. The van der Waals surface area contributed by atoms with Gasteiger partial charge in [0.25, 0.3) is 5.91 Å². The molecule has 2 aromatic heterocycles. The summed E-state index contributed by atoms with van der Waals surface area (Å²) in [6.45, 7) is 4.48. The third-order valence-corrected chi connectivity index (χ3v) is 5.67. The second-order valence-corrected chi connectivity index (χ2v) is 8.15. The van der Waals surface area contributed by atoms with Crippen LogP contribution >= 0.6 is 11.3 Å². The number of carbonyl (C=O) groups excluding carboxylic acids is 2. The fourth-order valence-corrected chi connectivity index (χ4v) is 3.68. The van der Waals surface area contributed by atoms with Crippen molar-refractivity contribution in [3.05, 3.63) is 59.5 Å². The van der Waals surface area contributed by atoms with Crippen LogP contribution < -0.4 is 15.4 Å². The number of furan rings is 1. The Balaban J connectivity index is 1.70. The van der Waals surface area contributed by atoms with Gasteiger partial charge in [0.2, 0.25) is 5.91 Å². The number of hydrogen-bond donors (Lipinski definition) is 2. The van der Waals surface area contributed by atoms with Gasteiger partial charge in [-0.25, -0.2) is 4.98 Å². The maximum absolute atomic E-state index is 13.2. The molecule has 0 saturated carbocycles. The Morgan fingerprint density at radius 1 is 1.25 bits per heavy atom. The summed E-state index contributed by atoms with van der Waals surface area (Å²) in [5, 5.41) is 8.40. The van der Waals surface area contributed by atoms with E-state index in [4.69, 9.17) is 9.15 Å². The molecule has 0 fully saturated rings. The number of thiazole rings is 1. The van der Waals surface area contributed by atoms with Crippen LogP contribution in [0.25, 0.3) is 0 Å². The zero-order valence-corrected chi connectivity index (χ0v) is 19.3. The number of nitrogens with zero attached hydrogens (tertiary/aromatic N) is 2. The van der Waals surface area contributed by atoms with E-state index >= 15 is 0 Å². The van der Waals surface area contributed by atoms with Crippen LogP contribution in [0.2, 0.25) is 0 Å². The summed E-state index contributed by atoms with van der Waals surface area (Å²) in [4.78, 5) is 31.5. The van der Waals surface area contributed by atoms with Crippen molar-refractivity contribution in [3.63, 3.8) is 0 Å². The van der Waals surface area contributed by atoms with E-state index in [1.807, 2.05) is 38.1 Å². The van der Waals surface area contributed by atoms with Gasteiger partial charge in [-0.2, -0.15) is 0 Å². The Kier molecular flexibility index (Phi) is 8.27. The molecule has 3 rings (SSSR count). The first-order valence-electron chi connectivity index (χ1n) is 10.5. The molecule has 2 N–H and O–H groups in total. The number of aromatic nitrogens is 1. The number of rotatable bonds is 11.